The van der Waals surface area contributed by atoms with E-state index in [1.54, 1.807) is 0 Å². The molecule has 1 amide bonds. The molecule has 0 saturated carbocycles. The number of amides is 1. The summed E-state index contributed by atoms with van der Waals surface area (Å²) in [6, 6.07) is 11.9. The van der Waals surface area contributed by atoms with Gasteiger partial charge in [-0.3, -0.25) is 4.79 Å². The fraction of sp³-hybridized carbons (Fsp3) is 0.208. The minimum atomic E-state index is -6.14. The third-order valence-electron chi connectivity index (χ3n) is 5.40. The number of anilines is 1. The number of alkyl halides is 6. The summed E-state index contributed by atoms with van der Waals surface area (Å²) in [5, 5.41) is 12.0. The molecular weight excluding hydrogens is 531 g/mol. The minimum absolute atomic E-state index is 0.0267. The maximum absolute atomic E-state index is 14.5. The molecule has 0 heterocycles. The molecule has 0 unspecified atom stereocenters. The molecule has 13 heteroatoms. The Kier molecular flexibility index (Phi) is 7.44. The molecule has 0 fully saturated rings. The van der Waals surface area contributed by atoms with E-state index in [4.69, 9.17) is 0 Å². The molecule has 5 nitrogen and oxygen atoms in total. The maximum Gasteiger partial charge on any atom is 0.430 e. The van der Waals surface area contributed by atoms with Gasteiger partial charge in [0.25, 0.3) is 5.60 Å². The first-order valence-electron chi connectivity index (χ1n) is 10.3. The van der Waals surface area contributed by atoms with E-state index in [-0.39, 0.29) is 34.2 Å². The number of aliphatic hydroxyl groups is 1. The summed E-state index contributed by atoms with van der Waals surface area (Å²) >= 11 is 0. The van der Waals surface area contributed by atoms with E-state index in [1.165, 1.54) is 48.5 Å². The second-order valence-electron chi connectivity index (χ2n) is 8.12. The van der Waals surface area contributed by atoms with Crippen LogP contribution in [0.5, 0.6) is 0 Å². The highest BCUT2D eigenvalue weighted by atomic mass is 32.2. The van der Waals surface area contributed by atoms with Crippen molar-refractivity contribution in [2.75, 3.05) is 11.6 Å². The summed E-state index contributed by atoms with van der Waals surface area (Å²) in [7, 11) is -3.39. The summed E-state index contributed by atoms with van der Waals surface area (Å²) in [5.74, 6) is -1.90. The summed E-state index contributed by atoms with van der Waals surface area (Å²) < 4.78 is 116. The average Bonchev–Trinajstić information content (AvgIpc) is 2.77. The van der Waals surface area contributed by atoms with Crippen LogP contribution in [0.15, 0.2) is 71.6 Å². The SMILES string of the molecule is CS(=O)(=O)c1ccc(CC(=O)Nc2ccc(-c3ccc(C(O)(C(F)(F)F)C(F)(F)F)cc3F)cc2)cc1. The zero-order valence-electron chi connectivity index (χ0n) is 18.8. The van der Waals surface area contributed by atoms with Crippen LogP contribution in [0.2, 0.25) is 0 Å². The van der Waals surface area contributed by atoms with Crippen molar-refractivity contribution in [1.29, 1.82) is 0 Å². The van der Waals surface area contributed by atoms with Crippen LogP contribution >= 0.6 is 0 Å². The van der Waals surface area contributed by atoms with Crippen molar-refractivity contribution < 1.29 is 49.1 Å². The molecule has 0 saturated heterocycles. The van der Waals surface area contributed by atoms with Gasteiger partial charge < -0.3 is 10.4 Å². The van der Waals surface area contributed by atoms with E-state index in [1.807, 2.05) is 0 Å². The zero-order valence-corrected chi connectivity index (χ0v) is 19.6. The van der Waals surface area contributed by atoms with E-state index < -0.39 is 45.1 Å². The highest BCUT2D eigenvalue weighted by Gasteiger charge is 2.71. The van der Waals surface area contributed by atoms with Crippen molar-refractivity contribution >= 4 is 21.4 Å². The maximum atomic E-state index is 14.5. The van der Waals surface area contributed by atoms with Crippen molar-refractivity contribution in [3.05, 3.63) is 83.7 Å². The van der Waals surface area contributed by atoms with Crippen LogP contribution in [0.3, 0.4) is 0 Å². The molecule has 37 heavy (non-hydrogen) atoms. The number of nitrogens with one attached hydrogen (secondary N) is 1. The summed E-state index contributed by atoms with van der Waals surface area (Å²) in [5.41, 5.74) is -6.43. The van der Waals surface area contributed by atoms with Crippen molar-refractivity contribution in [2.45, 2.75) is 29.3 Å². The number of benzene rings is 3. The molecule has 0 bridgehead atoms. The van der Waals surface area contributed by atoms with Gasteiger partial charge in [-0.1, -0.05) is 36.4 Å². The van der Waals surface area contributed by atoms with E-state index >= 15 is 0 Å². The van der Waals surface area contributed by atoms with Crippen LogP contribution in [0.25, 0.3) is 11.1 Å². The van der Waals surface area contributed by atoms with Crippen LogP contribution in [0, 0.1) is 5.82 Å². The summed E-state index contributed by atoms with van der Waals surface area (Å²) in [6.45, 7) is 0. The van der Waals surface area contributed by atoms with Gasteiger partial charge in [-0.2, -0.15) is 26.3 Å². The molecule has 2 N–H and O–H groups in total. The van der Waals surface area contributed by atoms with Crippen LogP contribution in [0.4, 0.5) is 36.4 Å². The van der Waals surface area contributed by atoms with E-state index in [0.717, 1.165) is 6.26 Å². The predicted octanol–water partition coefficient (Wildman–Crippen LogP) is 5.39. The second-order valence-corrected chi connectivity index (χ2v) is 10.1. The molecular formula is C24H18F7NO4S. The summed E-state index contributed by atoms with van der Waals surface area (Å²) in [6.07, 6.45) is -11.3. The lowest BCUT2D eigenvalue weighted by molar-refractivity contribution is -0.376. The Morgan fingerprint density at radius 2 is 1.41 bits per heavy atom. The van der Waals surface area contributed by atoms with Gasteiger partial charge in [0.2, 0.25) is 5.91 Å². The van der Waals surface area contributed by atoms with Crippen molar-refractivity contribution in [1.82, 2.24) is 0 Å². The Labute approximate surface area is 206 Å². The molecule has 0 aliphatic rings. The number of halogens is 7. The van der Waals surface area contributed by atoms with Gasteiger partial charge in [0, 0.05) is 23.1 Å². The standard InChI is InChI=1S/C24H18F7NO4S/c1-37(35,36)18-9-2-14(3-10-18)12-21(33)32-17-7-4-15(5-8-17)19-11-6-16(13-20(19)25)22(34,23(26,27)28)24(29,30)31/h2-11,13,34H,12H2,1H3,(H,32,33). The van der Waals surface area contributed by atoms with Gasteiger partial charge in [0.1, 0.15) is 5.82 Å². The fourth-order valence-corrected chi connectivity index (χ4v) is 4.07. The van der Waals surface area contributed by atoms with Crippen LogP contribution < -0.4 is 5.32 Å². The Balaban J connectivity index is 1.76. The van der Waals surface area contributed by atoms with E-state index in [9.17, 15) is 49.1 Å². The molecule has 198 valence electrons. The minimum Gasteiger partial charge on any atom is -0.369 e. The van der Waals surface area contributed by atoms with Gasteiger partial charge in [0.15, 0.2) is 9.84 Å². The molecule has 0 aliphatic carbocycles. The Morgan fingerprint density at radius 3 is 1.86 bits per heavy atom. The van der Waals surface area contributed by atoms with Gasteiger partial charge in [0.05, 0.1) is 11.3 Å². The highest BCUT2D eigenvalue weighted by Crippen LogP contribution is 2.50. The molecule has 3 aromatic rings. The fourth-order valence-electron chi connectivity index (χ4n) is 3.44. The molecule has 0 aromatic heterocycles. The number of sulfone groups is 1. The zero-order chi connectivity index (χ0) is 27.8. The first-order chi connectivity index (χ1) is 16.9. The largest absolute Gasteiger partial charge is 0.430 e. The molecule has 3 rings (SSSR count). The molecule has 0 spiro atoms. The molecule has 0 aliphatic heterocycles. The number of hydrogen-bond donors (Lipinski definition) is 2. The first kappa shape index (κ1) is 28.1. The lowest BCUT2D eigenvalue weighted by atomic mass is 9.90. The van der Waals surface area contributed by atoms with Crippen molar-refractivity contribution in [3.8, 4) is 11.1 Å². The number of rotatable bonds is 6. The lowest BCUT2D eigenvalue weighted by Crippen LogP contribution is -2.53. The van der Waals surface area contributed by atoms with Crippen molar-refractivity contribution in [2.24, 2.45) is 0 Å². The summed E-state index contributed by atoms with van der Waals surface area (Å²) in [4.78, 5) is 12.4. The average molecular weight is 549 g/mol. The van der Waals surface area contributed by atoms with Crippen LogP contribution in [-0.2, 0) is 26.7 Å². The number of carbonyl (C=O) groups is 1. The topological polar surface area (TPSA) is 83.5 Å². The van der Waals surface area contributed by atoms with Gasteiger partial charge >= 0.3 is 12.4 Å². The lowest BCUT2D eigenvalue weighted by Gasteiger charge is -2.32. The second kappa shape index (κ2) is 9.78. The van der Waals surface area contributed by atoms with Crippen LogP contribution in [-0.4, -0.2) is 38.0 Å². The smallest absolute Gasteiger partial charge is 0.369 e. The van der Waals surface area contributed by atoms with Crippen molar-refractivity contribution in [3.63, 3.8) is 0 Å². The number of carbonyl (C=O) groups excluding carboxylic acids is 1. The quantitative estimate of drug-likeness (QED) is 0.404. The monoisotopic (exact) mass is 549 g/mol. The Morgan fingerprint density at radius 1 is 0.865 bits per heavy atom. The normalized spacial score (nSPS) is 12.9. The highest BCUT2D eigenvalue weighted by molar-refractivity contribution is 7.90. The van der Waals surface area contributed by atoms with Gasteiger partial charge in [-0.15, -0.1) is 0 Å². The first-order valence-corrected chi connectivity index (χ1v) is 12.2. The molecule has 0 radical (unpaired) electrons. The third-order valence-corrected chi connectivity index (χ3v) is 6.53. The van der Waals surface area contributed by atoms with Gasteiger partial charge in [-0.25, -0.2) is 12.8 Å². The molecule has 3 aromatic carbocycles. The van der Waals surface area contributed by atoms with E-state index in [2.05, 4.69) is 5.32 Å². The molecule has 0 atom stereocenters. The Hall–Kier alpha value is -3.45. The third kappa shape index (κ3) is 5.93. The predicted molar refractivity (Wildman–Crippen MR) is 120 cm³/mol. The Bertz CT molecular complexity index is 1380. The van der Waals surface area contributed by atoms with Crippen LogP contribution in [0.1, 0.15) is 11.1 Å². The van der Waals surface area contributed by atoms with E-state index in [0.29, 0.717) is 17.7 Å². The number of hydrogen-bond acceptors (Lipinski definition) is 4. The van der Waals surface area contributed by atoms with Gasteiger partial charge in [-0.05, 0) is 41.5 Å².